The van der Waals surface area contributed by atoms with Crippen LogP contribution in [0.1, 0.15) is 18.5 Å². The van der Waals surface area contributed by atoms with E-state index in [-0.39, 0.29) is 24.8 Å². The van der Waals surface area contributed by atoms with E-state index < -0.39 is 0 Å². The summed E-state index contributed by atoms with van der Waals surface area (Å²) in [5, 5.41) is 3.33. The largest absolute Gasteiger partial charge is 0.397 e. The van der Waals surface area contributed by atoms with Gasteiger partial charge in [0.15, 0.2) is 0 Å². The maximum atomic E-state index is 5.82. The molecule has 0 amide bonds. The molecule has 3 N–H and O–H groups in total. The van der Waals surface area contributed by atoms with E-state index in [4.69, 9.17) is 5.73 Å². The van der Waals surface area contributed by atoms with E-state index in [1.807, 2.05) is 19.2 Å². The second kappa shape index (κ2) is 5.54. The third-order valence-corrected chi connectivity index (χ3v) is 2.82. The third-order valence-electron chi connectivity index (χ3n) is 2.82. The first-order valence-corrected chi connectivity index (χ1v) is 4.64. The molecule has 0 atom stereocenters. The summed E-state index contributed by atoms with van der Waals surface area (Å²) < 4.78 is 0. The monoisotopic (exact) mass is 249 g/mol. The lowest BCUT2D eigenvalue weighted by Crippen LogP contribution is -2.30. The summed E-state index contributed by atoms with van der Waals surface area (Å²) in [5.74, 6) is 0. The number of hydrogen-bond acceptors (Lipinski definition) is 3. The molecule has 1 saturated carbocycles. The molecule has 5 heteroatoms. The van der Waals surface area contributed by atoms with Crippen LogP contribution in [0.2, 0.25) is 0 Å². The highest BCUT2D eigenvalue weighted by molar-refractivity contribution is 5.85. The Bertz CT molecular complexity index is 313. The number of anilines is 1. The fraction of sp³-hybridized carbons (Fsp3) is 0.500. The van der Waals surface area contributed by atoms with Gasteiger partial charge in [-0.3, -0.25) is 4.98 Å². The molecule has 0 radical (unpaired) electrons. The van der Waals surface area contributed by atoms with E-state index in [2.05, 4.69) is 10.3 Å². The average molecular weight is 250 g/mol. The highest BCUT2D eigenvalue weighted by Crippen LogP contribution is 2.38. The number of pyridine rings is 1. The van der Waals surface area contributed by atoms with Crippen LogP contribution in [0, 0.1) is 0 Å². The molecule has 0 aromatic carbocycles. The minimum Gasteiger partial charge on any atom is -0.397 e. The lowest BCUT2D eigenvalue weighted by Gasteiger charge is -2.14. The summed E-state index contributed by atoms with van der Waals surface area (Å²) in [5.41, 5.74) is 7.95. The van der Waals surface area contributed by atoms with Crippen molar-refractivity contribution in [1.29, 1.82) is 0 Å². The molecule has 15 heavy (non-hydrogen) atoms. The van der Waals surface area contributed by atoms with Crippen LogP contribution in [0.4, 0.5) is 5.69 Å². The van der Waals surface area contributed by atoms with Gasteiger partial charge in [0, 0.05) is 18.2 Å². The summed E-state index contributed by atoms with van der Waals surface area (Å²) in [6, 6.07) is 3.78. The number of rotatable bonds is 3. The normalized spacial score (nSPS) is 16.1. The smallest absolute Gasteiger partial charge is 0.0650 e. The van der Waals surface area contributed by atoms with Crippen LogP contribution in [0.3, 0.4) is 0 Å². The number of halogens is 2. The van der Waals surface area contributed by atoms with E-state index in [0.29, 0.717) is 5.54 Å². The van der Waals surface area contributed by atoms with Crippen LogP contribution in [0.5, 0.6) is 0 Å². The van der Waals surface area contributed by atoms with Gasteiger partial charge in [-0.25, -0.2) is 0 Å². The maximum Gasteiger partial charge on any atom is 0.0650 e. The molecule has 0 saturated heterocycles. The second-order valence-corrected chi connectivity index (χ2v) is 3.75. The van der Waals surface area contributed by atoms with Gasteiger partial charge < -0.3 is 11.1 Å². The SMILES string of the molecule is CNC1(Cc2ncccc2N)CC1.Cl.Cl. The minimum atomic E-state index is 0. The topological polar surface area (TPSA) is 50.9 Å². The van der Waals surface area contributed by atoms with Crippen LogP contribution in [0.25, 0.3) is 0 Å². The van der Waals surface area contributed by atoms with Crippen LogP contribution >= 0.6 is 24.8 Å². The summed E-state index contributed by atoms with van der Waals surface area (Å²) in [7, 11) is 2.01. The van der Waals surface area contributed by atoms with Crippen molar-refractivity contribution in [3.05, 3.63) is 24.0 Å². The highest BCUT2D eigenvalue weighted by atomic mass is 35.5. The average Bonchev–Trinajstić information content (AvgIpc) is 2.90. The van der Waals surface area contributed by atoms with Crippen molar-refractivity contribution in [2.75, 3.05) is 12.8 Å². The Hall–Kier alpha value is -0.510. The highest BCUT2D eigenvalue weighted by Gasteiger charge is 2.41. The van der Waals surface area contributed by atoms with Gasteiger partial charge in [0.25, 0.3) is 0 Å². The first-order chi connectivity index (χ1) is 6.26. The molecule has 1 aromatic heterocycles. The standard InChI is InChI=1S/C10H15N3.2ClH/c1-12-10(4-5-10)7-9-8(11)3-2-6-13-9;;/h2-3,6,12H,4-5,7,11H2,1H3;2*1H. The van der Waals surface area contributed by atoms with Gasteiger partial charge >= 0.3 is 0 Å². The van der Waals surface area contributed by atoms with Crippen molar-refractivity contribution >= 4 is 30.5 Å². The molecule has 2 rings (SSSR count). The molecular formula is C10H17Cl2N3. The molecule has 0 aliphatic heterocycles. The van der Waals surface area contributed by atoms with E-state index in [9.17, 15) is 0 Å². The number of nitrogens with two attached hydrogens (primary N) is 1. The van der Waals surface area contributed by atoms with E-state index >= 15 is 0 Å². The summed E-state index contributed by atoms with van der Waals surface area (Å²) in [6.45, 7) is 0. The van der Waals surface area contributed by atoms with Gasteiger partial charge in [-0.2, -0.15) is 0 Å². The lowest BCUT2D eigenvalue weighted by molar-refractivity contribution is 0.543. The maximum absolute atomic E-state index is 5.82. The second-order valence-electron chi connectivity index (χ2n) is 3.75. The van der Waals surface area contributed by atoms with Crippen molar-refractivity contribution < 1.29 is 0 Å². The quantitative estimate of drug-likeness (QED) is 0.860. The fourth-order valence-electron chi connectivity index (χ4n) is 1.58. The first kappa shape index (κ1) is 14.5. The molecule has 1 aromatic rings. The molecule has 1 aliphatic rings. The van der Waals surface area contributed by atoms with Crippen molar-refractivity contribution in [2.45, 2.75) is 24.8 Å². The Morgan fingerprint density at radius 3 is 2.60 bits per heavy atom. The molecule has 0 unspecified atom stereocenters. The molecule has 1 heterocycles. The number of nitrogens with one attached hydrogen (secondary N) is 1. The predicted octanol–water partition coefficient (Wildman–Crippen LogP) is 1.80. The molecule has 1 fully saturated rings. The Kier molecular flexibility index (Phi) is 5.35. The van der Waals surface area contributed by atoms with Gasteiger partial charge in [0.2, 0.25) is 0 Å². The Morgan fingerprint density at radius 1 is 1.47 bits per heavy atom. The number of nitrogen functional groups attached to an aromatic ring is 1. The van der Waals surface area contributed by atoms with Crippen molar-refractivity contribution in [1.82, 2.24) is 10.3 Å². The van der Waals surface area contributed by atoms with Crippen molar-refractivity contribution in [2.24, 2.45) is 0 Å². The van der Waals surface area contributed by atoms with Crippen LogP contribution in [-0.2, 0) is 6.42 Å². The van der Waals surface area contributed by atoms with Crippen molar-refractivity contribution in [3.63, 3.8) is 0 Å². The van der Waals surface area contributed by atoms with E-state index in [1.165, 1.54) is 12.8 Å². The molecule has 86 valence electrons. The Balaban J connectivity index is 0.000000980. The van der Waals surface area contributed by atoms with Gasteiger partial charge in [-0.15, -0.1) is 24.8 Å². The van der Waals surface area contributed by atoms with Crippen molar-refractivity contribution in [3.8, 4) is 0 Å². The zero-order valence-electron chi connectivity index (χ0n) is 8.69. The van der Waals surface area contributed by atoms with Gasteiger partial charge in [0.05, 0.1) is 11.4 Å². The third kappa shape index (κ3) is 3.23. The first-order valence-electron chi connectivity index (χ1n) is 4.64. The van der Waals surface area contributed by atoms with Gasteiger partial charge in [0.1, 0.15) is 0 Å². The number of nitrogens with zero attached hydrogens (tertiary/aromatic N) is 1. The van der Waals surface area contributed by atoms with E-state index in [1.54, 1.807) is 6.20 Å². The molecular weight excluding hydrogens is 233 g/mol. The number of aromatic nitrogens is 1. The summed E-state index contributed by atoms with van der Waals surface area (Å²) in [4.78, 5) is 4.29. The van der Waals surface area contributed by atoms with Crippen LogP contribution in [0.15, 0.2) is 18.3 Å². The molecule has 0 spiro atoms. The van der Waals surface area contributed by atoms with Crippen LogP contribution in [-0.4, -0.2) is 17.6 Å². The minimum absolute atomic E-state index is 0. The molecule has 0 bridgehead atoms. The fourth-order valence-corrected chi connectivity index (χ4v) is 1.58. The lowest BCUT2D eigenvalue weighted by atomic mass is 10.1. The van der Waals surface area contributed by atoms with Gasteiger partial charge in [-0.1, -0.05) is 0 Å². The van der Waals surface area contributed by atoms with Crippen LogP contribution < -0.4 is 11.1 Å². The van der Waals surface area contributed by atoms with Gasteiger partial charge in [-0.05, 0) is 32.0 Å². The Morgan fingerprint density at radius 2 is 2.13 bits per heavy atom. The molecule has 3 nitrogen and oxygen atoms in total. The predicted molar refractivity (Wildman–Crippen MR) is 67.9 cm³/mol. The Labute approximate surface area is 103 Å². The van der Waals surface area contributed by atoms with E-state index in [0.717, 1.165) is 17.8 Å². The zero-order chi connectivity index (χ0) is 9.31. The molecule has 1 aliphatic carbocycles. The number of likely N-dealkylation sites (N-methyl/N-ethyl adjacent to an activating group) is 1. The summed E-state index contributed by atoms with van der Waals surface area (Å²) >= 11 is 0. The number of hydrogen-bond donors (Lipinski definition) is 2. The summed E-state index contributed by atoms with van der Waals surface area (Å²) in [6.07, 6.45) is 5.23. The zero-order valence-corrected chi connectivity index (χ0v) is 10.3.